The van der Waals surface area contributed by atoms with Crippen LogP contribution in [-0.2, 0) is 19.9 Å². The third kappa shape index (κ3) is 4.22. The highest BCUT2D eigenvalue weighted by Crippen LogP contribution is 2.24. The maximum absolute atomic E-state index is 13.1. The van der Waals surface area contributed by atoms with Crippen LogP contribution in [0.15, 0.2) is 29.2 Å². The highest BCUT2D eigenvalue weighted by molar-refractivity contribution is 7.99. The Morgan fingerprint density at radius 1 is 1.48 bits per heavy atom. The van der Waals surface area contributed by atoms with E-state index in [1.165, 1.54) is 23.9 Å². The number of benzene rings is 1. The number of aliphatic hydroxyl groups excluding tert-OH is 1. The van der Waals surface area contributed by atoms with Crippen LogP contribution in [0.4, 0.5) is 4.39 Å². The second-order valence-electron chi connectivity index (χ2n) is 4.81. The Kier molecular flexibility index (Phi) is 5.67. The second-order valence-corrected chi connectivity index (χ2v) is 6.28. The molecule has 2 rings (SSSR count). The molecule has 0 radical (unpaired) electrons. The molecule has 1 unspecified atom stereocenters. The topological polar surface area (TPSA) is 38.0 Å². The summed E-state index contributed by atoms with van der Waals surface area (Å²) in [7, 11) is 1.83. The number of halogens is 2. The van der Waals surface area contributed by atoms with Gasteiger partial charge >= 0.3 is 0 Å². The normalized spacial score (nSPS) is 12.6. The van der Waals surface area contributed by atoms with Gasteiger partial charge in [0.25, 0.3) is 0 Å². The maximum atomic E-state index is 13.1. The maximum Gasteiger partial charge on any atom is 0.124 e. The lowest BCUT2D eigenvalue weighted by molar-refractivity contribution is 0.197. The van der Waals surface area contributed by atoms with Gasteiger partial charge in [-0.2, -0.15) is 5.10 Å². The van der Waals surface area contributed by atoms with Crippen LogP contribution in [0.25, 0.3) is 0 Å². The third-order valence-electron chi connectivity index (χ3n) is 3.17. The van der Waals surface area contributed by atoms with Gasteiger partial charge in [-0.25, -0.2) is 4.39 Å². The van der Waals surface area contributed by atoms with Crippen LogP contribution in [0.1, 0.15) is 18.3 Å². The number of aromatic nitrogens is 2. The van der Waals surface area contributed by atoms with Gasteiger partial charge in [-0.15, -0.1) is 11.8 Å². The largest absolute Gasteiger partial charge is 0.392 e. The van der Waals surface area contributed by atoms with E-state index in [1.807, 2.05) is 20.0 Å². The summed E-state index contributed by atoms with van der Waals surface area (Å²) in [4.78, 5) is 0.805. The summed E-state index contributed by atoms with van der Waals surface area (Å²) in [6.45, 7) is 1.99. The Labute approximate surface area is 133 Å². The van der Waals surface area contributed by atoms with Crippen molar-refractivity contribution in [2.24, 2.45) is 7.05 Å². The van der Waals surface area contributed by atoms with Crippen molar-refractivity contribution < 1.29 is 9.50 Å². The molecule has 0 spiro atoms. The van der Waals surface area contributed by atoms with Crippen LogP contribution in [0.2, 0.25) is 5.02 Å². The molecule has 0 fully saturated rings. The van der Waals surface area contributed by atoms with Crippen LogP contribution in [0.5, 0.6) is 0 Å². The second kappa shape index (κ2) is 7.29. The summed E-state index contributed by atoms with van der Waals surface area (Å²) in [6, 6.07) is 6.36. The standard InChI is InChI=1S/C15H18ClFN2OS/c1-3-13-15(16)14(19(2)18-13)8-11(20)9-21-12-6-4-5-10(17)7-12/h4-7,11,20H,3,8-9H2,1-2H3. The van der Waals surface area contributed by atoms with Gasteiger partial charge in [0, 0.05) is 24.1 Å². The molecule has 0 aliphatic heterocycles. The zero-order valence-corrected chi connectivity index (χ0v) is 13.6. The van der Waals surface area contributed by atoms with E-state index in [9.17, 15) is 9.50 Å². The molecule has 0 saturated heterocycles. The van der Waals surface area contributed by atoms with Gasteiger partial charge in [0.05, 0.1) is 22.5 Å². The van der Waals surface area contributed by atoms with Gasteiger partial charge < -0.3 is 5.11 Å². The first-order valence-corrected chi connectivity index (χ1v) is 8.14. The summed E-state index contributed by atoms with van der Waals surface area (Å²) >= 11 is 7.68. The zero-order chi connectivity index (χ0) is 15.4. The monoisotopic (exact) mass is 328 g/mol. The molecule has 1 atom stereocenters. The van der Waals surface area contributed by atoms with Crippen LogP contribution in [0, 0.1) is 5.82 Å². The first-order valence-electron chi connectivity index (χ1n) is 6.78. The average molecular weight is 329 g/mol. The van der Waals surface area contributed by atoms with Gasteiger partial charge in [0.2, 0.25) is 0 Å². The van der Waals surface area contributed by atoms with Gasteiger partial charge in [0.15, 0.2) is 0 Å². The molecule has 1 aromatic heterocycles. The van der Waals surface area contributed by atoms with Gasteiger partial charge in [0.1, 0.15) is 5.82 Å². The minimum atomic E-state index is -0.559. The number of aliphatic hydroxyl groups is 1. The van der Waals surface area contributed by atoms with Crippen molar-refractivity contribution in [2.75, 3.05) is 5.75 Å². The molecular formula is C15H18ClFN2OS. The number of hydrogen-bond donors (Lipinski definition) is 1. The van der Waals surface area contributed by atoms with E-state index in [0.717, 1.165) is 22.7 Å². The van der Waals surface area contributed by atoms with E-state index in [0.29, 0.717) is 17.2 Å². The first-order chi connectivity index (χ1) is 10.0. The molecule has 21 heavy (non-hydrogen) atoms. The highest BCUT2D eigenvalue weighted by Gasteiger charge is 2.16. The molecule has 1 aromatic carbocycles. The summed E-state index contributed by atoms with van der Waals surface area (Å²) in [5.74, 6) is 0.212. The highest BCUT2D eigenvalue weighted by atomic mass is 35.5. The number of nitrogens with zero attached hydrogens (tertiary/aromatic N) is 2. The van der Waals surface area contributed by atoms with Crippen molar-refractivity contribution in [1.82, 2.24) is 9.78 Å². The number of hydrogen-bond acceptors (Lipinski definition) is 3. The SMILES string of the molecule is CCc1nn(C)c(CC(O)CSc2cccc(F)c2)c1Cl. The molecule has 0 aliphatic rings. The molecular weight excluding hydrogens is 311 g/mol. The van der Waals surface area contributed by atoms with E-state index in [4.69, 9.17) is 11.6 Å². The number of rotatable bonds is 6. The number of thioether (sulfide) groups is 1. The first kappa shape index (κ1) is 16.3. The van der Waals surface area contributed by atoms with Crippen LogP contribution in [-0.4, -0.2) is 26.7 Å². The van der Waals surface area contributed by atoms with Gasteiger partial charge in [-0.1, -0.05) is 24.6 Å². The van der Waals surface area contributed by atoms with E-state index in [2.05, 4.69) is 5.10 Å². The Bertz CT molecular complexity index is 618. The van der Waals surface area contributed by atoms with Crippen molar-refractivity contribution in [3.63, 3.8) is 0 Å². The molecule has 1 N–H and O–H groups in total. The van der Waals surface area contributed by atoms with Crippen LogP contribution < -0.4 is 0 Å². The quantitative estimate of drug-likeness (QED) is 0.825. The number of aryl methyl sites for hydroxylation is 2. The van der Waals surface area contributed by atoms with E-state index < -0.39 is 6.10 Å². The summed E-state index contributed by atoms with van der Waals surface area (Å²) in [5, 5.41) is 15.1. The minimum Gasteiger partial charge on any atom is -0.392 e. The molecule has 6 heteroatoms. The van der Waals surface area contributed by atoms with Crippen molar-refractivity contribution in [3.8, 4) is 0 Å². The lowest BCUT2D eigenvalue weighted by Crippen LogP contribution is -2.16. The average Bonchev–Trinajstić information content (AvgIpc) is 2.72. The van der Waals surface area contributed by atoms with Gasteiger partial charge in [-0.05, 0) is 24.6 Å². The smallest absolute Gasteiger partial charge is 0.124 e. The Balaban J connectivity index is 1.96. The van der Waals surface area contributed by atoms with E-state index in [1.54, 1.807) is 10.7 Å². The lowest BCUT2D eigenvalue weighted by atomic mass is 10.2. The van der Waals surface area contributed by atoms with E-state index >= 15 is 0 Å². The lowest BCUT2D eigenvalue weighted by Gasteiger charge is -2.11. The summed E-state index contributed by atoms with van der Waals surface area (Å²) in [6.07, 6.45) is 0.640. The minimum absolute atomic E-state index is 0.267. The molecule has 1 heterocycles. The van der Waals surface area contributed by atoms with Crippen molar-refractivity contribution in [2.45, 2.75) is 30.8 Å². The van der Waals surface area contributed by atoms with Crippen molar-refractivity contribution in [3.05, 3.63) is 46.5 Å². The fourth-order valence-corrected chi connectivity index (χ4v) is 3.32. The molecule has 0 bridgehead atoms. The van der Waals surface area contributed by atoms with Crippen LogP contribution >= 0.6 is 23.4 Å². The Hall–Kier alpha value is -1.04. The van der Waals surface area contributed by atoms with Crippen LogP contribution in [0.3, 0.4) is 0 Å². The molecule has 2 aromatic rings. The molecule has 0 amide bonds. The molecule has 0 saturated carbocycles. The van der Waals surface area contributed by atoms with Crippen molar-refractivity contribution >= 4 is 23.4 Å². The molecule has 0 aliphatic carbocycles. The Morgan fingerprint density at radius 2 is 2.24 bits per heavy atom. The predicted molar refractivity (Wildman–Crippen MR) is 84.4 cm³/mol. The summed E-state index contributed by atoms with van der Waals surface area (Å²) in [5.41, 5.74) is 1.68. The fraction of sp³-hybridized carbons (Fsp3) is 0.400. The van der Waals surface area contributed by atoms with Crippen molar-refractivity contribution in [1.29, 1.82) is 0 Å². The summed E-state index contributed by atoms with van der Waals surface area (Å²) < 4.78 is 14.8. The fourth-order valence-electron chi connectivity index (χ4n) is 2.07. The zero-order valence-electron chi connectivity index (χ0n) is 12.0. The van der Waals surface area contributed by atoms with E-state index in [-0.39, 0.29) is 5.82 Å². The van der Waals surface area contributed by atoms with Gasteiger partial charge in [-0.3, -0.25) is 4.68 Å². The Morgan fingerprint density at radius 3 is 2.86 bits per heavy atom. The molecule has 114 valence electrons. The molecule has 3 nitrogen and oxygen atoms in total. The third-order valence-corrected chi connectivity index (χ3v) is 4.75. The predicted octanol–water partition coefficient (Wildman–Crippen LogP) is 3.47.